The second-order valence-corrected chi connectivity index (χ2v) is 7.54. The zero-order valence-corrected chi connectivity index (χ0v) is 17.0. The van der Waals surface area contributed by atoms with Gasteiger partial charge in [-0.2, -0.15) is 18.3 Å². The van der Waals surface area contributed by atoms with Crippen molar-refractivity contribution in [3.8, 4) is 0 Å². The van der Waals surface area contributed by atoms with Gasteiger partial charge in [0.15, 0.2) is 5.69 Å². The number of rotatable bonds is 5. The standard InChI is InChI=1S/C20H17F3N4O3S/c1-2-11-27-19(30)15-6-4-3-5-14(15)16(26-27)18(29)25-24-17(28)12-7-9-13(10-8-12)31-20(21,22)23/h3-10H,2,11H2,1H3,(H,24,28)(H,25,29). The first-order valence-electron chi connectivity index (χ1n) is 9.16. The molecule has 3 rings (SSSR count). The predicted octanol–water partition coefficient (Wildman–Crippen LogP) is 3.49. The molecule has 0 saturated carbocycles. The van der Waals surface area contributed by atoms with Crippen LogP contribution in [-0.2, 0) is 6.54 Å². The summed E-state index contributed by atoms with van der Waals surface area (Å²) in [6.07, 6.45) is 0.631. The first kappa shape index (κ1) is 22.3. The molecular weight excluding hydrogens is 433 g/mol. The zero-order chi connectivity index (χ0) is 22.6. The summed E-state index contributed by atoms with van der Waals surface area (Å²) in [5.74, 6) is -1.46. The highest BCUT2D eigenvalue weighted by Crippen LogP contribution is 2.36. The second kappa shape index (κ2) is 9.21. The van der Waals surface area contributed by atoms with Crippen LogP contribution in [0.2, 0.25) is 0 Å². The molecule has 0 spiro atoms. The van der Waals surface area contributed by atoms with E-state index in [0.717, 1.165) is 12.1 Å². The van der Waals surface area contributed by atoms with Crippen LogP contribution in [0.1, 0.15) is 34.2 Å². The average Bonchev–Trinajstić information content (AvgIpc) is 2.73. The van der Waals surface area contributed by atoms with Crippen molar-refractivity contribution >= 4 is 34.3 Å². The Bertz CT molecular complexity index is 1180. The van der Waals surface area contributed by atoms with Gasteiger partial charge in [0.2, 0.25) is 0 Å². The zero-order valence-electron chi connectivity index (χ0n) is 16.2. The van der Waals surface area contributed by atoms with E-state index in [1.54, 1.807) is 24.3 Å². The van der Waals surface area contributed by atoms with E-state index in [4.69, 9.17) is 0 Å². The third-order valence-corrected chi connectivity index (χ3v) is 4.90. The Labute approximate surface area is 178 Å². The van der Waals surface area contributed by atoms with Crippen molar-refractivity contribution in [2.75, 3.05) is 0 Å². The molecule has 0 aliphatic rings. The summed E-state index contributed by atoms with van der Waals surface area (Å²) in [6.45, 7) is 2.18. The van der Waals surface area contributed by atoms with Crippen LogP contribution in [0.4, 0.5) is 13.2 Å². The average molecular weight is 450 g/mol. The molecular formula is C20H17F3N4O3S. The van der Waals surface area contributed by atoms with Gasteiger partial charge in [0, 0.05) is 22.4 Å². The van der Waals surface area contributed by atoms with Crippen molar-refractivity contribution in [1.29, 1.82) is 0 Å². The van der Waals surface area contributed by atoms with Crippen LogP contribution < -0.4 is 16.4 Å². The molecule has 0 unspecified atom stereocenters. The SMILES string of the molecule is CCCn1nc(C(=O)NNC(=O)c2ccc(SC(F)(F)F)cc2)c2ccccc2c1=O. The highest BCUT2D eigenvalue weighted by molar-refractivity contribution is 8.00. The Morgan fingerprint density at radius 2 is 1.61 bits per heavy atom. The number of benzene rings is 2. The largest absolute Gasteiger partial charge is 0.446 e. The van der Waals surface area contributed by atoms with Crippen LogP contribution in [-0.4, -0.2) is 27.1 Å². The number of hydrogen-bond donors (Lipinski definition) is 2. The van der Waals surface area contributed by atoms with Gasteiger partial charge < -0.3 is 0 Å². The van der Waals surface area contributed by atoms with Gasteiger partial charge in [0.05, 0.1) is 5.39 Å². The molecule has 7 nitrogen and oxygen atoms in total. The Balaban J connectivity index is 1.76. The lowest BCUT2D eigenvalue weighted by Gasteiger charge is -2.11. The molecule has 0 aliphatic heterocycles. The van der Waals surface area contributed by atoms with Crippen LogP contribution in [0.15, 0.2) is 58.2 Å². The maximum Gasteiger partial charge on any atom is 0.446 e. The van der Waals surface area contributed by atoms with Gasteiger partial charge in [-0.1, -0.05) is 25.1 Å². The number of hydrazine groups is 1. The molecule has 0 fully saturated rings. The van der Waals surface area contributed by atoms with E-state index in [0.29, 0.717) is 23.7 Å². The van der Waals surface area contributed by atoms with Crippen molar-refractivity contribution < 1.29 is 22.8 Å². The highest BCUT2D eigenvalue weighted by Gasteiger charge is 2.29. The number of aryl methyl sites for hydroxylation is 1. The molecule has 2 N–H and O–H groups in total. The van der Waals surface area contributed by atoms with E-state index in [-0.39, 0.29) is 33.5 Å². The lowest BCUT2D eigenvalue weighted by molar-refractivity contribution is -0.0328. The second-order valence-electron chi connectivity index (χ2n) is 6.40. The minimum atomic E-state index is -4.43. The van der Waals surface area contributed by atoms with Crippen LogP contribution >= 0.6 is 11.8 Å². The number of aromatic nitrogens is 2. The summed E-state index contributed by atoms with van der Waals surface area (Å²) < 4.78 is 38.4. The van der Waals surface area contributed by atoms with Crippen molar-refractivity contribution in [2.24, 2.45) is 0 Å². The van der Waals surface area contributed by atoms with E-state index in [2.05, 4.69) is 16.0 Å². The van der Waals surface area contributed by atoms with Crippen molar-refractivity contribution in [3.63, 3.8) is 0 Å². The minimum Gasteiger partial charge on any atom is -0.267 e. The topological polar surface area (TPSA) is 93.1 Å². The number of carbonyl (C=O) groups excluding carboxylic acids is 2. The lowest BCUT2D eigenvalue weighted by Crippen LogP contribution is -2.42. The van der Waals surface area contributed by atoms with Crippen LogP contribution in [0, 0.1) is 0 Å². The Morgan fingerprint density at radius 3 is 2.23 bits per heavy atom. The summed E-state index contributed by atoms with van der Waals surface area (Å²) in [4.78, 5) is 37.3. The van der Waals surface area contributed by atoms with Crippen LogP contribution in [0.3, 0.4) is 0 Å². The minimum absolute atomic E-state index is 0.0409. The van der Waals surface area contributed by atoms with Gasteiger partial charge in [0.1, 0.15) is 0 Å². The summed E-state index contributed by atoms with van der Waals surface area (Å²) in [7, 11) is 0. The van der Waals surface area contributed by atoms with Crippen molar-refractivity contribution in [2.45, 2.75) is 30.3 Å². The van der Waals surface area contributed by atoms with Crippen molar-refractivity contribution in [3.05, 3.63) is 70.1 Å². The molecule has 11 heteroatoms. The number of fused-ring (bicyclic) bond motifs is 1. The molecule has 0 radical (unpaired) electrons. The maximum atomic E-state index is 12.6. The number of halogens is 3. The first-order chi connectivity index (χ1) is 14.7. The fourth-order valence-electron chi connectivity index (χ4n) is 2.82. The third-order valence-electron chi connectivity index (χ3n) is 4.16. The van der Waals surface area contributed by atoms with E-state index in [1.807, 2.05) is 6.92 Å². The van der Waals surface area contributed by atoms with Crippen LogP contribution in [0.25, 0.3) is 10.8 Å². The quantitative estimate of drug-likeness (QED) is 0.459. The molecule has 31 heavy (non-hydrogen) atoms. The molecule has 0 bridgehead atoms. The normalized spacial score (nSPS) is 11.4. The Kier molecular flexibility index (Phi) is 6.64. The fourth-order valence-corrected chi connectivity index (χ4v) is 3.36. The maximum absolute atomic E-state index is 12.6. The van der Waals surface area contributed by atoms with Crippen LogP contribution in [0.5, 0.6) is 0 Å². The summed E-state index contributed by atoms with van der Waals surface area (Å²) in [5.41, 5.74) is -0.307. The molecule has 0 atom stereocenters. The number of alkyl halides is 3. The first-order valence-corrected chi connectivity index (χ1v) is 9.97. The number of amides is 2. The monoisotopic (exact) mass is 450 g/mol. The van der Waals surface area contributed by atoms with Gasteiger partial charge in [-0.25, -0.2) is 4.68 Å². The molecule has 162 valence electrons. The molecule has 1 aromatic heterocycles. The van der Waals surface area contributed by atoms with Gasteiger partial charge in [-0.05, 0) is 48.5 Å². The molecule has 0 saturated heterocycles. The van der Waals surface area contributed by atoms with Gasteiger partial charge in [-0.3, -0.25) is 25.2 Å². The summed E-state index contributed by atoms with van der Waals surface area (Å²) in [6, 6.07) is 11.2. The number of nitrogens with zero attached hydrogens (tertiary/aromatic N) is 2. The highest BCUT2D eigenvalue weighted by atomic mass is 32.2. The van der Waals surface area contributed by atoms with Gasteiger partial charge in [0.25, 0.3) is 17.4 Å². The van der Waals surface area contributed by atoms with Crippen molar-refractivity contribution in [1.82, 2.24) is 20.6 Å². The molecule has 3 aromatic rings. The van der Waals surface area contributed by atoms with E-state index >= 15 is 0 Å². The van der Waals surface area contributed by atoms with Gasteiger partial charge >= 0.3 is 5.51 Å². The third kappa shape index (κ3) is 5.43. The summed E-state index contributed by atoms with van der Waals surface area (Å²) in [5, 5.41) is 4.77. The molecule has 2 aromatic carbocycles. The fraction of sp³-hybridized carbons (Fsp3) is 0.200. The number of thioether (sulfide) groups is 1. The van der Waals surface area contributed by atoms with Gasteiger partial charge in [-0.15, -0.1) is 0 Å². The molecule has 0 aliphatic carbocycles. The summed E-state index contributed by atoms with van der Waals surface area (Å²) >= 11 is -0.293. The van der Waals surface area contributed by atoms with E-state index in [1.165, 1.54) is 16.8 Å². The number of hydrogen-bond acceptors (Lipinski definition) is 5. The Hall–Kier alpha value is -3.34. The predicted molar refractivity (Wildman–Crippen MR) is 110 cm³/mol. The smallest absolute Gasteiger partial charge is 0.267 e. The number of carbonyl (C=O) groups is 2. The van der Waals surface area contributed by atoms with E-state index in [9.17, 15) is 27.6 Å². The number of nitrogens with one attached hydrogen (secondary N) is 2. The molecule has 1 heterocycles. The molecule has 2 amide bonds. The van der Waals surface area contributed by atoms with E-state index < -0.39 is 17.3 Å². The Morgan fingerprint density at radius 1 is 1.00 bits per heavy atom. The lowest BCUT2D eigenvalue weighted by atomic mass is 10.1.